The highest BCUT2D eigenvalue weighted by molar-refractivity contribution is 6.12. The van der Waals surface area contributed by atoms with Crippen LogP contribution in [0.25, 0.3) is 0 Å². The number of halogens is 1. The number of benzene rings is 3. The minimum Gasteiger partial charge on any atom is -0.488 e. The standard InChI is InChI=1S/C27H24FNO4/c28-22-12-20-19(15-31-24-14-26-25(32-16-33-26)13-21(24)27(20)30)11-23(22)29-8-6-18(7-9-29)10-17-4-2-1-3-5-17/h1-5,11-14,18H,6-10,15-16H2. The Bertz CT molecular complexity index is 1220. The van der Waals surface area contributed by atoms with Gasteiger partial charge in [0.05, 0.1) is 11.3 Å². The molecule has 6 heteroatoms. The molecule has 0 amide bonds. The molecule has 3 aliphatic heterocycles. The first-order valence-electron chi connectivity index (χ1n) is 11.4. The second kappa shape index (κ2) is 8.10. The van der Waals surface area contributed by atoms with Crippen molar-refractivity contribution in [1.82, 2.24) is 0 Å². The molecule has 0 bridgehead atoms. The topological polar surface area (TPSA) is 48.0 Å². The van der Waals surface area contributed by atoms with Gasteiger partial charge >= 0.3 is 0 Å². The molecule has 5 nitrogen and oxygen atoms in total. The largest absolute Gasteiger partial charge is 0.488 e. The number of carbonyl (C=O) groups excluding carboxylic acids is 1. The van der Waals surface area contributed by atoms with E-state index in [0.717, 1.165) is 32.4 Å². The lowest BCUT2D eigenvalue weighted by Gasteiger charge is -2.34. The Hall–Kier alpha value is -3.54. The molecule has 0 radical (unpaired) electrons. The Labute approximate surface area is 191 Å². The highest BCUT2D eigenvalue weighted by atomic mass is 19.1. The zero-order chi connectivity index (χ0) is 22.4. The molecule has 0 saturated carbocycles. The molecule has 0 spiro atoms. The Kier molecular flexibility index (Phi) is 4.93. The number of carbonyl (C=O) groups is 1. The summed E-state index contributed by atoms with van der Waals surface area (Å²) < 4.78 is 32.0. The van der Waals surface area contributed by atoms with Gasteiger partial charge in [0.15, 0.2) is 17.3 Å². The fourth-order valence-electron chi connectivity index (χ4n) is 5.02. The molecule has 1 fully saturated rings. The SMILES string of the molecule is O=C1c2cc(F)c(N3CCC(Cc4ccccc4)CC3)cc2COc2cc3c(cc21)OCO3. The van der Waals surface area contributed by atoms with Gasteiger partial charge in [-0.05, 0) is 48.9 Å². The number of hydrogen-bond acceptors (Lipinski definition) is 5. The van der Waals surface area contributed by atoms with Crippen molar-refractivity contribution in [3.8, 4) is 17.2 Å². The maximum absolute atomic E-state index is 15.2. The fraction of sp³-hybridized carbons (Fsp3) is 0.296. The second-order valence-electron chi connectivity index (χ2n) is 8.90. The van der Waals surface area contributed by atoms with E-state index in [4.69, 9.17) is 14.2 Å². The van der Waals surface area contributed by atoms with E-state index in [-0.39, 0.29) is 25.0 Å². The molecule has 0 unspecified atom stereocenters. The van der Waals surface area contributed by atoms with E-state index < -0.39 is 0 Å². The summed E-state index contributed by atoms with van der Waals surface area (Å²) in [5.74, 6) is 1.46. The van der Waals surface area contributed by atoms with E-state index >= 15 is 4.39 Å². The van der Waals surface area contributed by atoms with Crippen molar-refractivity contribution in [2.75, 3.05) is 24.8 Å². The molecule has 1 saturated heterocycles. The number of fused-ring (bicyclic) bond motifs is 3. The van der Waals surface area contributed by atoms with E-state index in [1.165, 1.54) is 11.6 Å². The van der Waals surface area contributed by atoms with Crippen LogP contribution in [0, 0.1) is 11.7 Å². The van der Waals surface area contributed by atoms with Crippen molar-refractivity contribution < 1.29 is 23.4 Å². The van der Waals surface area contributed by atoms with Crippen LogP contribution < -0.4 is 19.1 Å². The molecule has 0 aromatic heterocycles. The maximum atomic E-state index is 15.2. The van der Waals surface area contributed by atoms with Gasteiger partial charge in [-0.1, -0.05) is 30.3 Å². The Morgan fingerprint density at radius 1 is 0.879 bits per heavy atom. The van der Waals surface area contributed by atoms with Gasteiger partial charge in [0, 0.05) is 30.3 Å². The van der Waals surface area contributed by atoms with Crippen LogP contribution in [0.1, 0.15) is 39.9 Å². The van der Waals surface area contributed by atoms with Crippen molar-refractivity contribution in [3.63, 3.8) is 0 Å². The molecular formula is C27H24FNO4. The quantitative estimate of drug-likeness (QED) is 0.559. The van der Waals surface area contributed by atoms with Gasteiger partial charge < -0.3 is 19.1 Å². The van der Waals surface area contributed by atoms with Gasteiger partial charge in [-0.15, -0.1) is 0 Å². The first kappa shape index (κ1) is 20.1. The molecule has 33 heavy (non-hydrogen) atoms. The number of anilines is 1. The van der Waals surface area contributed by atoms with Gasteiger partial charge in [0.2, 0.25) is 6.79 Å². The zero-order valence-corrected chi connectivity index (χ0v) is 18.2. The van der Waals surface area contributed by atoms with Crippen molar-refractivity contribution in [2.45, 2.75) is 25.9 Å². The minimum atomic E-state index is -0.368. The smallest absolute Gasteiger partial charge is 0.231 e. The molecular weight excluding hydrogens is 421 g/mol. The highest BCUT2D eigenvalue weighted by Crippen LogP contribution is 2.41. The molecule has 3 aliphatic rings. The number of rotatable bonds is 3. The van der Waals surface area contributed by atoms with E-state index in [1.807, 2.05) is 6.07 Å². The van der Waals surface area contributed by atoms with Crippen LogP contribution in [0.3, 0.4) is 0 Å². The molecule has 0 aliphatic carbocycles. The number of hydrogen-bond donors (Lipinski definition) is 0. The average molecular weight is 445 g/mol. The monoisotopic (exact) mass is 445 g/mol. The van der Waals surface area contributed by atoms with E-state index in [1.54, 1.807) is 18.2 Å². The highest BCUT2D eigenvalue weighted by Gasteiger charge is 2.29. The summed E-state index contributed by atoms with van der Waals surface area (Å²) in [4.78, 5) is 15.3. The summed E-state index contributed by atoms with van der Waals surface area (Å²) >= 11 is 0. The third-order valence-electron chi connectivity index (χ3n) is 6.84. The van der Waals surface area contributed by atoms with Crippen molar-refractivity contribution >= 4 is 11.5 Å². The Morgan fingerprint density at radius 3 is 2.42 bits per heavy atom. The van der Waals surface area contributed by atoms with E-state index in [0.29, 0.717) is 45.5 Å². The van der Waals surface area contributed by atoms with Gasteiger partial charge in [0.25, 0.3) is 0 Å². The van der Waals surface area contributed by atoms with Gasteiger partial charge in [-0.25, -0.2) is 4.39 Å². The third kappa shape index (κ3) is 3.69. The lowest BCUT2D eigenvalue weighted by molar-refractivity contribution is 0.103. The first-order chi connectivity index (χ1) is 16.2. The predicted octanol–water partition coefficient (Wildman–Crippen LogP) is 5.14. The molecule has 0 N–H and O–H groups in total. The van der Waals surface area contributed by atoms with E-state index in [2.05, 4.69) is 29.2 Å². The lowest BCUT2D eigenvalue weighted by Crippen LogP contribution is -2.35. The number of ether oxygens (including phenoxy) is 3. The Balaban J connectivity index is 1.22. The van der Waals surface area contributed by atoms with Crippen LogP contribution in [0.15, 0.2) is 54.6 Å². The fourth-order valence-corrected chi connectivity index (χ4v) is 5.02. The molecule has 3 aromatic rings. The number of nitrogens with zero attached hydrogens (tertiary/aromatic N) is 1. The van der Waals surface area contributed by atoms with Crippen LogP contribution >= 0.6 is 0 Å². The van der Waals surface area contributed by atoms with Gasteiger partial charge in [0.1, 0.15) is 18.2 Å². The van der Waals surface area contributed by atoms with Crippen molar-refractivity contribution in [3.05, 3.63) is 82.7 Å². The minimum absolute atomic E-state index is 0.114. The predicted molar refractivity (Wildman–Crippen MR) is 122 cm³/mol. The normalized spacial score (nSPS) is 17.2. The third-order valence-corrected chi connectivity index (χ3v) is 6.84. The van der Waals surface area contributed by atoms with Crippen molar-refractivity contribution in [1.29, 1.82) is 0 Å². The summed E-state index contributed by atoms with van der Waals surface area (Å²) in [7, 11) is 0. The summed E-state index contributed by atoms with van der Waals surface area (Å²) in [6, 6.07) is 17.0. The van der Waals surface area contributed by atoms with Gasteiger partial charge in [-0.3, -0.25) is 4.79 Å². The van der Waals surface area contributed by atoms with Crippen LogP contribution in [0.4, 0.5) is 10.1 Å². The lowest BCUT2D eigenvalue weighted by atomic mass is 9.89. The maximum Gasteiger partial charge on any atom is 0.231 e. The van der Waals surface area contributed by atoms with Crippen LogP contribution in [0.5, 0.6) is 17.2 Å². The number of piperidine rings is 1. The summed E-state index contributed by atoms with van der Waals surface area (Å²) in [5.41, 5.74) is 3.30. The van der Waals surface area contributed by atoms with Crippen LogP contribution in [-0.2, 0) is 13.0 Å². The zero-order valence-electron chi connectivity index (χ0n) is 18.2. The number of ketones is 1. The Morgan fingerprint density at radius 2 is 1.64 bits per heavy atom. The van der Waals surface area contributed by atoms with Crippen molar-refractivity contribution in [2.24, 2.45) is 5.92 Å². The molecule has 6 rings (SSSR count). The molecule has 3 aromatic carbocycles. The van der Waals surface area contributed by atoms with Gasteiger partial charge in [-0.2, -0.15) is 0 Å². The van der Waals surface area contributed by atoms with E-state index in [9.17, 15) is 4.79 Å². The molecule has 168 valence electrons. The van der Waals surface area contributed by atoms with Crippen LogP contribution in [0.2, 0.25) is 0 Å². The summed E-state index contributed by atoms with van der Waals surface area (Å²) in [5, 5.41) is 0. The van der Waals surface area contributed by atoms with Crippen LogP contribution in [-0.4, -0.2) is 25.7 Å². The molecule has 0 atom stereocenters. The second-order valence-corrected chi connectivity index (χ2v) is 8.90. The summed E-state index contributed by atoms with van der Waals surface area (Å²) in [6.07, 6.45) is 3.08. The molecule has 3 heterocycles. The first-order valence-corrected chi connectivity index (χ1v) is 11.4. The average Bonchev–Trinajstić information content (AvgIpc) is 3.26. The summed E-state index contributed by atoms with van der Waals surface area (Å²) in [6.45, 7) is 1.90.